The summed E-state index contributed by atoms with van der Waals surface area (Å²) in [7, 11) is 0. The fourth-order valence-electron chi connectivity index (χ4n) is 2.66. The Morgan fingerprint density at radius 3 is 2.82 bits per heavy atom. The highest BCUT2D eigenvalue weighted by atomic mass is 15.5. The third-order valence-corrected chi connectivity index (χ3v) is 3.61. The third kappa shape index (κ3) is 3.25. The van der Waals surface area contributed by atoms with Crippen LogP contribution in [0.5, 0.6) is 0 Å². The fourth-order valence-corrected chi connectivity index (χ4v) is 2.66. The normalized spacial score (nSPS) is 19.4. The van der Waals surface area contributed by atoms with Gasteiger partial charge in [0.2, 0.25) is 0 Å². The van der Waals surface area contributed by atoms with Crippen molar-refractivity contribution in [2.24, 2.45) is 5.92 Å². The minimum Gasteiger partial charge on any atom is -0.308 e. The topological polar surface area (TPSA) is 55.6 Å². The van der Waals surface area contributed by atoms with Gasteiger partial charge in [-0.15, -0.1) is 5.10 Å². The molecule has 17 heavy (non-hydrogen) atoms. The Hall–Kier alpha value is -0.970. The summed E-state index contributed by atoms with van der Waals surface area (Å²) >= 11 is 0. The number of nitrogens with zero attached hydrogens (tertiary/aromatic N) is 4. The Bertz CT molecular complexity index is 329. The van der Waals surface area contributed by atoms with Crippen molar-refractivity contribution in [1.29, 1.82) is 0 Å². The molecule has 1 atom stereocenters. The first-order valence-electron chi connectivity index (χ1n) is 6.80. The van der Waals surface area contributed by atoms with E-state index in [1.807, 2.05) is 4.68 Å². The summed E-state index contributed by atoms with van der Waals surface area (Å²) < 4.78 is 1.99. The van der Waals surface area contributed by atoms with Gasteiger partial charge in [0.25, 0.3) is 0 Å². The molecule has 96 valence electrons. The van der Waals surface area contributed by atoms with Gasteiger partial charge in [-0.2, -0.15) is 0 Å². The summed E-state index contributed by atoms with van der Waals surface area (Å²) in [5.74, 6) is 1.73. The molecule has 1 aliphatic rings. The number of hydrogen-bond donors (Lipinski definition) is 1. The summed E-state index contributed by atoms with van der Waals surface area (Å²) in [5.41, 5.74) is 0. The van der Waals surface area contributed by atoms with Gasteiger partial charge < -0.3 is 5.32 Å². The summed E-state index contributed by atoms with van der Waals surface area (Å²) in [6.45, 7) is 6.15. The summed E-state index contributed by atoms with van der Waals surface area (Å²) in [4.78, 5) is 0. The van der Waals surface area contributed by atoms with Crippen LogP contribution >= 0.6 is 0 Å². The second-order valence-corrected chi connectivity index (χ2v) is 5.00. The monoisotopic (exact) mass is 237 g/mol. The summed E-state index contributed by atoms with van der Waals surface area (Å²) in [6.07, 6.45) is 6.78. The van der Waals surface area contributed by atoms with E-state index < -0.39 is 0 Å². The number of nitrogens with one attached hydrogen (secondary N) is 1. The second kappa shape index (κ2) is 6.10. The molecule has 0 amide bonds. The molecule has 1 aromatic heterocycles. The number of tetrazole rings is 1. The van der Waals surface area contributed by atoms with Gasteiger partial charge in [-0.25, -0.2) is 4.68 Å². The molecular formula is C12H23N5. The molecule has 1 aliphatic carbocycles. The summed E-state index contributed by atoms with van der Waals surface area (Å²) in [6, 6.07) is 0.235. The van der Waals surface area contributed by atoms with Crippen molar-refractivity contribution in [1.82, 2.24) is 25.5 Å². The van der Waals surface area contributed by atoms with Crippen LogP contribution in [0, 0.1) is 5.92 Å². The average molecular weight is 237 g/mol. The molecule has 1 aromatic rings. The van der Waals surface area contributed by atoms with Gasteiger partial charge in [0, 0.05) is 6.54 Å². The van der Waals surface area contributed by atoms with Crippen LogP contribution in [-0.4, -0.2) is 26.8 Å². The van der Waals surface area contributed by atoms with E-state index >= 15 is 0 Å². The molecule has 0 spiro atoms. The number of rotatable bonds is 5. The number of aromatic nitrogens is 4. The van der Waals surface area contributed by atoms with Gasteiger partial charge in [0.05, 0.1) is 6.04 Å². The van der Waals surface area contributed by atoms with Gasteiger partial charge in [0.1, 0.15) is 0 Å². The van der Waals surface area contributed by atoms with Crippen LogP contribution in [-0.2, 0) is 6.54 Å². The van der Waals surface area contributed by atoms with E-state index in [0.29, 0.717) is 0 Å². The van der Waals surface area contributed by atoms with Gasteiger partial charge >= 0.3 is 0 Å². The predicted molar refractivity (Wildman–Crippen MR) is 66.5 cm³/mol. The molecule has 0 aliphatic heterocycles. The minimum absolute atomic E-state index is 0.235. The van der Waals surface area contributed by atoms with E-state index in [0.717, 1.165) is 24.8 Å². The largest absolute Gasteiger partial charge is 0.308 e. The zero-order chi connectivity index (χ0) is 12.1. The van der Waals surface area contributed by atoms with E-state index in [1.54, 1.807) is 0 Å². The van der Waals surface area contributed by atoms with Crippen molar-refractivity contribution in [2.75, 3.05) is 6.54 Å². The first kappa shape index (κ1) is 12.5. The van der Waals surface area contributed by atoms with E-state index in [1.165, 1.54) is 32.1 Å². The van der Waals surface area contributed by atoms with Gasteiger partial charge in [-0.05, 0) is 42.7 Å². The predicted octanol–water partition coefficient (Wildman–Crippen LogP) is 1.92. The molecule has 0 saturated heterocycles. The zero-order valence-corrected chi connectivity index (χ0v) is 10.9. The molecule has 0 aromatic carbocycles. The third-order valence-electron chi connectivity index (χ3n) is 3.61. The molecule has 1 N–H and O–H groups in total. The maximum atomic E-state index is 4.14. The smallest absolute Gasteiger partial charge is 0.167 e. The van der Waals surface area contributed by atoms with Crippen LogP contribution in [0.3, 0.4) is 0 Å². The van der Waals surface area contributed by atoms with E-state index in [4.69, 9.17) is 0 Å². The molecule has 2 rings (SSSR count). The van der Waals surface area contributed by atoms with Crippen molar-refractivity contribution >= 4 is 0 Å². The molecule has 5 heteroatoms. The van der Waals surface area contributed by atoms with Crippen molar-refractivity contribution in [3.63, 3.8) is 0 Å². The Morgan fingerprint density at radius 1 is 1.35 bits per heavy atom. The van der Waals surface area contributed by atoms with Crippen LogP contribution in [0.2, 0.25) is 0 Å². The quantitative estimate of drug-likeness (QED) is 0.850. The Labute approximate surface area is 103 Å². The fraction of sp³-hybridized carbons (Fsp3) is 0.917. The van der Waals surface area contributed by atoms with Gasteiger partial charge in [0.15, 0.2) is 5.82 Å². The Balaban J connectivity index is 1.97. The molecule has 0 bridgehead atoms. The average Bonchev–Trinajstić information content (AvgIpc) is 2.79. The SMILES string of the molecule is CCNC(C)c1nnnn1CC1CCCCC1. The molecule has 1 unspecified atom stereocenters. The molecule has 5 nitrogen and oxygen atoms in total. The van der Waals surface area contributed by atoms with Crippen LogP contribution in [0.4, 0.5) is 0 Å². The van der Waals surface area contributed by atoms with Gasteiger partial charge in [-0.1, -0.05) is 26.2 Å². The highest BCUT2D eigenvalue weighted by molar-refractivity contribution is 4.89. The highest BCUT2D eigenvalue weighted by Crippen LogP contribution is 2.25. The van der Waals surface area contributed by atoms with Crippen LogP contribution in [0.25, 0.3) is 0 Å². The van der Waals surface area contributed by atoms with Crippen LogP contribution in [0.1, 0.15) is 57.8 Å². The number of hydrogen-bond acceptors (Lipinski definition) is 4. The van der Waals surface area contributed by atoms with Crippen LogP contribution < -0.4 is 5.32 Å². The van der Waals surface area contributed by atoms with Crippen molar-refractivity contribution in [3.8, 4) is 0 Å². The zero-order valence-electron chi connectivity index (χ0n) is 10.9. The van der Waals surface area contributed by atoms with E-state index in [9.17, 15) is 0 Å². The van der Waals surface area contributed by atoms with Crippen molar-refractivity contribution in [2.45, 2.75) is 58.5 Å². The van der Waals surface area contributed by atoms with E-state index in [2.05, 4.69) is 34.7 Å². The maximum Gasteiger partial charge on any atom is 0.167 e. The lowest BCUT2D eigenvalue weighted by atomic mass is 9.89. The van der Waals surface area contributed by atoms with Crippen LogP contribution in [0.15, 0.2) is 0 Å². The molecule has 1 heterocycles. The lowest BCUT2D eigenvalue weighted by molar-refractivity contribution is 0.298. The Kier molecular flexibility index (Phi) is 4.48. The first-order chi connectivity index (χ1) is 8.31. The molecule has 1 saturated carbocycles. The van der Waals surface area contributed by atoms with Gasteiger partial charge in [-0.3, -0.25) is 0 Å². The maximum absolute atomic E-state index is 4.14. The van der Waals surface area contributed by atoms with Crippen molar-refractivity contribution < 1.29 is 0 Å². The standard InChI is InChI=1S/C12H23N5/c1-3-13-10(2)12-14-15-16-17(12)9-11-7-5-4-6-8-11/h10-11,13H,3-9H2,1-2H3. The molecular weight excluding hydrogens is 214 g/mol. The second-order valence-electron chi connectivity index (χ2n) is 5.00. The molecule has 0 radical (unpaired) electrons. The first-order valence-corrected chi connectivity index (χ1v) is 6.80. The highest BCUT2D eigenvalue weighted by Gasteiger charge is 2.19. The Morgan fingerprint density at radius 2 is 2.12 bits per heavy atom. The minimum atomic E-state index is 0.235. The summed E-state index contributed by atoms with van der Waals surface area (Å²) in [5, 5.41) is 15.4. The van der Waals surface area contributed by atoms with E-state index in [-0.39, 0.29) is 6.04 Å². The molecule has 1 fully saturated rings. The lowest BCUT2D eigenvalue weighted by Crippen LogP contribution is -2.24. The lowest BCUT2D eigenvalue weighted by Gasteiger charge is -2.22. The van der Waals surface area contributed by atoms with Crippen molar-refractivity contribution in [3.05, 3.63) is 5.82 Å².